The van der Waals surface area contributed by atoms with E-state index in [0.717, 1.165) is 23.9 Å². The molecule has 0 aromatic carbocycles. The van der Waals surface area contributed by atoms with Crippen molar-refractivity contribution in [2.24, 2.45) is 0 Å². The van der Waals surface area contributed by atoms with Gasteiger partial charge in [-0.05, 0) is 27.7 Å². The van der Waals surface area contributed by atoms with E-state index in [-0.39, 0.29) is 12.1 Å². The summed E-state index contributed by atoms with van der Waals surface area (Å²) in [6.45, 7) is 9.27. The van der Waals surface area contributed by atoms with Crippen LogP contribution in [0.3, 0.4) is 0 Å². The quantitative estimate of drug-likeness (QED) is 0.836. The number of carbonyl (C=O) groups excluding carboxylic acids is 1. The molecule has 19 heavy (non-hydrogen) atoms. The molecule has 2 rings (SSSR count). The van der Waals surface area contributed by atoms with E-state index >= 15 is 0 Å². The first kappa shape index (κ1) is 14.1. The lowest BCUT2D eigenvalue weighted by molar-refractivity contribution is 0.0197. The van der Waals surface area contributed by atoms with Gasteiger partial charge in [-0.25, -0.2) is 9.78 Å². The van der Waals surface area contributed by atoms with Gasteiger partial charge in [-0.3, -0.25) is 0 Å². The van der Waals surface area contributed by atoms with Crippen molar-refractivity contribution in [1.29, 1.82) is 0 Å². The Morgan fingerprint density at radius 3 is 2.63 bits per heavy atom. The van der Waals surface area contributed by atoms with Gasteiger partial charge in [0.05, 0.1) is 11.7 Å². The van der Waals surface area contributed by atoms with Crippen LogP contribution in [-0.4, -0.2) is 47.8 Å². The second-order valence-electron chi connectivity index (χ2n) is 5.92. The minimum atomic E-state index is -0.443. The Kier molecular flexibility index (Phi) is 3.71. The highest BCUT2D eigenvalue weighted by atomic mass is 32.1. The van der Waals surface area contributed by atoms with Gasteiger partial charge in [0.2, 0.25) is 0 Å². The Morgan fingerprint density at radius 2 is 2.16 bits per heavy atom. The molecule has 1 amide bonds. The Bertz CT molecular complexity index is 461. The van der Waals surface area contributed by atoms with Crippen LogP contribution in [0.15, 0.2) is 5.38 Å². The Hall–Kier alpha value is -1.30. The number of aryl methyl sites for hydroxylation is 1. The SMILES string of the molecule is Cc1csc(N2CC(N(C)C(=O)OC(C)(C)C)C2)n1. The number of carbonyl (C=O) groups is 1. The van der Waals surface area contributed by atoms with Crippen molar-refractivity contribution in [3.8, 4) is 0 Å². The number of rotatable bonds is 2. The Balaban J connectivity index is 1.84. The van der Waals surface area contributed by atoms with E-state index in [2.05, 4.69) is 9.88 Å². The second kappa shape index (κ2) is 5.00. The fourth-order valence-corrected chi connectivity index (χ4v) is 2.65. The summed E-state index contributed by atoms with van der Waals surface area (Å²) in [7, 11) is 1.79. The molecule has 6 heteroatoms. The number of ether oxygens (including phenoxy) is 1. The number of hydrogen-bond acceptors (Lipinski definition) is 5. The minimum absolute atomic E-state index is 0.207. The van der Waals surface area contributed by atoms with Crippen molar-refractivity contribution < 1.29 is 9.53 Å². The van der Waals surface area contributed by atoms with Gasteiger partial charge in [0.25, 0.3) is 0 Å². The zero-order chi connectivity index (χ0) is 14.2. The van der Waals surface area contributed by atoms with Gasteiger partial charge >= 0.3 is 6.09 Å². The van der Waals surface area contributed by atoms with Crippen LogP contribution in [0, 0.1) is 6.92 Å². The molecule has 106 valence electrons. The molecule has 1 aromatic rings. The normalized spacial score (nSPS) is 16.2. The van der Waals surface area contributed by atoms with Crippen LogP contribution >= 0.6 is 11.3 Å². The number of anilines is 1. The molecule has 1 aliphatic rings. The summed E-state index contributed by atoms with van der Waals surface area (Å²) in [5, 5.41) is 3.08. The molecule has 0 spiro atoms. The molecular weight excluding hydrogens is 262 g/mol. The van der Waals surface area contributed by atoms with Gasteiger partial charge in [0.15, 0.2) is 5.13 Å². The van der Waals surface area contributed by atoms with Crippen LogP contribution in [0.5, 0.6) is 0 Å². The van der Waals surface area contributed by atoms with Gasteiger partial charge < -0.3 is 14.5 Å². The van der Waals surface area contributed by atoms with E-state index in [1.54, 1.807) is 23.3 Å². The van der Waals surface area contributed by atoms with E-state index in [4.69, 9.17) is 4.74 Å². The Labute approximate surface area is 118 Å². The van der Waals surface area contributed by atoms with Gasteiger partial charge in [-0.15, -0.1) is 11.3 Å². The lowest BCUT2D eigenvalue weighted by Gasteiger charge is -2.43. The topological polar surface area (TPSA) is 45.7 Å². The van der Waals surface area contributed by atoms with Crippen LogP contribution in [0.25, 0.3) is 0 Å². The van der Waals surface area contributed by atoms with E-state index in [1.807, 2.05) is 33.1 Å². The molecule has 2 heterocycles. The van der Waals surface area contributed by atoms with Crippen LogP contribution in [0.4, 0.5) is 9.93 Å². The van der Waals surface area contributed by atoms with Crippen molar-refractivity contribution >= 4 is 22.6 Å². The average Bonchev–Trinajstić information content (AvgIpc) is 2.59. The maximum Gasteiger partial charge on any atom is 0.410 e. The van der Waals surface area contributed by atoms with Gasteiger partial charge in [0.1, 0.15) is 5.60 Å². The highest BCUT2D eigenvalue weighted by Gasteiger charge is 2.35. The van der Waals surface area contributed by atoms with Crippen molar-refractivity contribution in [3.05, 3.63) is 11.1 Å². The van der Waals surface area contributed by atoms with Gasteiger partial charge in [-0.2, -0.15) is 0 Å². The van der Waals surface area contributed by atoms with Crippen molar-refractivity contribution in [3.63, 3.8) is 0 Å². The monoisotopic (exact) mass is 283 g/mol. The summed E-state index contributed by atoms with van der Waals surface area (Å²) in [6.07, 6.45) is -0.257. The summed E-state index contributed by atoms with van der Waals surface area (Å²) < 4.78 is 5.36. The predicted octanol–water partition coefficient (Wildman–Crippen LogP) is 2.51. The maximum atomic E-state index is 11.9. The molecule has 0 bridgehead atoms. The molecule has 5 nitrogen and oxygen atoms in total. The third-order valence-electron chi connectivity index (χ3n) is 2.97. The van der Waals surface area contributed by atoms with Crippen LogP contribution in [0.1, 0.15) is 26.5 Å². The van der Waals surface area contributed by atoms with E-state index < -0.39 is 5.60 Å². The largest absolute Gasteiger partial charge is 0.444 e. The number of hydrogen-bond donors (Lipinski definition) is 0. The standard InChI is InChI=1S/C13H21N3O2S/c1-9-8-19-11(14-9)16-6-10(7-16)15(5)12(17)18-13(2,3)4/h8,10H,6-7H2,1-5H3. The fraction of sp³-hybridized carbons (Fsp3) is 0.692. The minimum Gasteiger partial charge on any atom is -0.444 e. The number of thiazole rings is 1. The molecular formula is C13H21N3O2S. The lowest BCUT2D eigenvalue weighted by Crippen LogP contribution is -2.60. The van der Waals surface area contributed by atoms with Crippen molar-refractivity contribution in [2.75, 3.05) is 25.0 Å². The zero-order valence-corrected chi connectivity index (χ0v) is 13.0. The molecule has 0 aliphatic carbocycles. The number of amides is 1. The molecule has 0 unspecified atom stereocenters. The summed E-state index contributed by atoms with van der Waals surface area (Å²) in [5.41, 5.74) is 0.602. The predicted molar refractivity (Wildman–Crippen MR) is 76.8 cm³/mol. The third kappa shape index (κ3) is 3.37. The molecule has 1 aromatic heterocycles. The zero-order valence-electron chi connectivity index (χ0n) is 12.1. The summed E-state index contributed by atoms with van der Waals surface area (Å²) in [4.78, 5) is 20.2. The lowest BCUT2D eigenvalue weighted by atomic mass is 10.1. The summed E-state index contributed by atoms with van der Waals surface area (Å²) >= 11 is 1.65. The van der Waals surface area contributed by atoms with Gasteiger partial charge in [0, 0.05) is 25.5 Å². The fourth-order valence-electron chi connectivity index (χ4n) is 1.83. The first-order chi connectivity index (χ1) is 8.76. The Morgan fingerprint density at radius 1 is 1.53 bits per heavy atom. The van der Waals surface area contributed by atoms with E-state index in [0.29, 0.717) is 0 Å². The first-order valence-corrected chi connectivity index (χ1v) is 7.27. The number of likely N-dealkylation sites (N-methyl/N-ethyl adjacent to an activating group) is 1. The summed E-state index contributed by atoms with van der Waals surface area (Å²) in [6, 6.07) is 0.207. The number of aromatic nitrogens is 1. The van der Waals surface area contributed by atoms with Gasteiger partial charge in [-0.1, -0.05) is 0 Å². The average molecular weight is 283 g/mol. The molecule has 0 saturated carbocycles. The third-order valence-corrected chi connectivity index (χ3v) is 3.99. The van der Waals surface area contributed by atoms with Crippen molar-refractivity contribution in [1.82, 2.24) is 9.88 Å². The number of nitrogens with zero attached hydrogens (tertiary/aromatic N) is 3. The smallest absolute Gasteiger partial charge is 0.410 e. The van der Waals surface area contributed by atoms with Crippen LogP contribution < -0.4 is 4.90 Å². The van der Waals surface area contributed by atoms with E-state index in [1.165, 1.54) is 0 Å². The molecule has 1 saturated heterocycles. The molecule has 0 atom stereocenters. The molecule has 1 aliphatic heterocycles. The van der Waals surface area contributed by atoms with Crippen molar-refractivity contribution in [2.45, 2.75) is 39.3 Å². The molecule has 0 radical (unpaired) electrons. The first-order valence-electron chi connectivity index (χ1n) is 6.39. The summed E-state index contributed by atoms with van der Waals surface area (Å²) in [5.74, 6) is 0. The molecule has 1 fully saturated rings. The second-order valence-corrected chi connectivity index (χ2v) is 6.76. The highest BCUT2D eigenvalue weighted by molar-refractivity contribution is 7.13. The highest BCUT2D eigenvalue weighted by Crippen LogP contribution is 2.27. The van der Waals surface area contributed by atoms with Crippen LogP contribution in [0.2, 0.25) is 0 Å². The van der Waals surface area contributed by atoms with E-state index in [9.17, 15) is 4.79 Å². The molecule has 0 N–H and O–H groups in total. The maximum absolute atomic E-state index is 11.9. The van der Waals surface area contributed by atoms with Crippen LogP contribution in [-0.2, 0) is 4.74 Å².